The molecule has 0 aliphatic rings. The molecule has 0 radical (unpaired) electrons. The van der Waals surface area contributed by atoms with Gasteiger partial charge >= 0.3 is 0 Å². The van der Waals surface area contributed by atoms with Gasteiger partial charge in [0.2, 0.25) is 11.3 Å². The number of hydrazine groups is 1. The third-order valence-electron chi connectivity index (χ3n) is 3.61. The molecule has 0 heterocycles. The quantitative estimate of drug-likeness (QED) is 0.398. The average molecular weight is 358 g/mol. The second-order valence-electron chi connectivity index (χ2n) is 5.37. The van der Waals surface area contributed by atoms with Crippen molar-refractivity contribution < 1.29 is 14.6 Å². The summed E-state index contributed by atoms with van der Waals surface area (Å²) in [7, 11) is 1.63. The molecule has 0 amide bonds. The Balaban J connectivity index is 2.16. The predicted octanol–water partition coefficient (Wildman–Crippen LogP) is 1.48. The molecule has 25 heavy (non-hydrogen) atoms. The Hall–Kier alpha value is -2.60. The van der Waals surface area contributed by atoms with Crippen molar-refractivity contribution in [3.63, 3.8) is 0 Å². The molecule has 2 rings (SSSR count). The summed E-state index contributed by atoms with van der Waals surface area (Å²) in [6, 6.07) is 13.9. The summed E-state index contributed by atoms with van der Waals surface area (Å²) < 4.78 is 11.5. The number of nitrogens with one attached hydrogen (secondary N) is 3. The zero-order valence-corrected chi connectivity index (χ0v) is 15.6. The fraction of sp³-hybridized carbons (Fsp3) is 0.263. The minimum absolute atomic E-state index is 0.469. The standard InChI is InChI=1S/C19H23N3O2S/c1-4-20-19(25)22-21-12-15-10-7-11-17(23-3)18(15)24-13-16-9-6-5-8-14(16)2/h5-12H,4,13H2,1-3H3,(H2,20,22,25)/p+1. The van der Waals surface area contributed by atoms with E-state index in [0.717, 1.165) is 17.7 Å². The number of benzene rings is 2. The van der Waals surface area contributed by atoms with Gasteiger partial charge in [0.15, 0.2) is 11.5 Å². The van der Waals surface area contributed by atoms with Crippen LogP contribution in [0.1, 0.15) is 23.6 Å². The topological polar surface area (TPSA) is 56.5 Å². The van der Waals surface area contributed by atoms with Crippen LogP contribution in [-0.2, 0) is 6.61 Å². The summed E-state index contributed by atoms with van der Waals surface area (Å²) in [4.78, 5) is 0. The number of hydrazone groups is 1. The number of thiocarbonyl (C=S) groups is 1. The second kappa shape index (κ2) is 9.64. The molecular weight excluding hydrogens is 334 g/mol. The maximum Gasteiger partial charge on any atom is 0.223 e. The molecule has 5 nitrogen and oxygen atoms in total. The number of hydrogen-bond donors (Lipinski definition) is 3. The Morgan fingerprint density at radius 2 is 2.00 bits per heavy atom. The minimum Gasteiger partial charge on any atom is -0.493 e. The van der Waals surface area contributed by atoms with Crippen molar-refractivity contribution in [2.45, 2.75) is 20.5 Å². The number of aryl methyl sites for hydroxylation is 1. The van der Waals surface area contributed by atoms with E-state index in [-0.39, 0.29) is 0 Å². The monoisotopic (exact) mass is 358 g/mol. The Morgan fingerprint density at radius 1 is 1.20 bits per heavy atom. The molecule has 0 bridgehead atoms. The Kier molecular flexibility index (Phi) is 7.22. The molecule has 0 atom stereocenters. The smallest absolute Gasteiger partial charge is 0.223 e. The number of para-hydroxylation sites is 1. The zero-order chi connectivity index (χ0) is 18.1. The lowest BCUT2D eigenvalue weighted by atomic mass is 10.1. The van der Waals surface area contributed by atoms with Crippen LogP contribution in [0.25, 0.3) is 0 Å². The van der Waals surface area contributed by atoms with Crippen LogP contribution in [0.4, 0.5) is 0 Å². The maximum atomic E-state index is 6.06. The fourth-order valence-electron chi connectivity index (χ4n) is 2.27. The first-order valence-electron chi connectivity index (χ1n) is 8.12. The van der Waals surface area contributed by atoms with Gasteiger partial charge in [-0.25, -0.2) is 0 Å². The fourth-order valence-corrected chi connectivity index (χ4v) is 2.47. The Bertz CT molecular complexity index is 747. The van der Waals surface area contributed by atoms with Gasteiger partial charge in [-0.3, -0.25) is 0 Å². The number of hydrogen-bond acceptors (Lipinski definition) is 3. The molecule has 2 aromatic carbocycles. The molecule has 132 valence electrons. The lowest BCUT2D eigenvalue weighted by Gasteiger charge is -2.13. The van der Waals surface area contributed by atoms with Crippen LogP contribution in [0.15, 0.2) is 42.5 Å². The summed E-state index contributed by atoms with van der Waals surface area (Å²) in [5.74, 6) is 1.36. The van der Waals surface area contributed by atoms with Crippen LogP contribution in [0.5, 0.6) is 11.5 Å². The summed E-state index contributed by atoms with van der Waals surface area (Å²) in [5, 5.41) is 6.51. The third kappa shape index (κ3) is 5.46. The third-order valence-corrected chi connectivity index (χ3v) is 3.86. The van der Waals surface area contributed by atoms with Crippen LogP contribution in [0.2, 0.25) is 0 Å². The highest BCUT2D eigenvalue weighted by molar-refractivity contribution is 7.80. The summed E-state index contributed by atoms with van der Waals surface area (Å²) in [6.45, 7) is 5.28. The van der Waals surface area contributed by atoms with E-state index in [2.05, 4.69) is 34.9 Å². The van der Waals surface area contributed by atoms with E-state index >= 15 is 0 Å². The van der Waals surface area contributed by atoms with Crippen molar-refractivity contribution >= 4 is 23.5 Å². The summed E-state index contributed by atoms with van der Waals surface area (Å²) in [6.07, 6.45) is 1.79. The van der Waals surface area contributed by atoms with Crippen LogP contribution in [-0.4, -0.2) is 25.0 Å². The van der Waals surface area contributed by atoms with Gasteiger partial charge in [0, 0.05) is 6.54 Å². The van der Waals surface area contributed by atoms with Gasteiger partial charge in [0.1, 0.15) is 6.61 Å². The van der Waals surface area contributed by atoms with Crippen LogP contribution in [0, 0.1) is 6.92 Å². The Labute approximate surface area is 154 Å². The molecule has 0 aliphatic carbocycles. The van der Waals surface area contributed by atoms with E-state index in [9.17, 15) is 0 Å². The first-order chi connectivity index (χ1) is 12.2. The molecule has 0 unspecified atom stereocenters. The molecular formula is C19H24N3O2S+. The van der Waals surface area contributed by atoms with E-state index in [1.54, 1.807) is 13.3 Å². The molecule has 0 fully saturated rings. The highest BCUT2D eigenvalue weighted by atomic mass is 32.1. The van der Waals surface area contributed by atoms with Crippen LogP contribution >= 0.6 is 12.2 Å². The van der Waals surface area contributed by atoms with Crippen LogP contribution in [0.3, 0.4) is 0 Å². The molecule has 0 aliphatic heterocycles. The average Bonchev–Trinajstić information content (AvgIpc) is 2.61. The van der Waals surface area contributed by atoms with Gasteiger partial charge in [-0.05, 0) is 49.3 Å². The lowest BCUT2D eigenvalue weighted by Crippen LogP contribution is -2.82. The molecule has 0 saturated heterocycles. The number of ether oxygens (including phenoxy) is 2. The first kappa shape index (κ1) is 18.7. The van der Waals surface area contributed by atoms with Crippen molar-refractivity contribution in [3.05, 3.63) is 59.2 Å². The zero-order valence-electron chi connectivity index (χ0n) is 14.8. The summed E-state index contributed by atoms with van der Waals surface area (Å²) >= 11 is 5.12. The molecule has 2 aromatic rings. The highest BCUT2D eigenvalue weighted by Gasteiger charge is 2.12. The van der Waals surface area contributed by atoms with Crippen molar-refractivity contribution in [1.29, 1.82) is 0 Å². The van der Waals surface area contributed by atoms with Crippen LogP contribution < -0.4 is 25.3 Å². The number of methoxy groups -OCH3 is 1. The SMILES string of the molecule is CCNC(=S)N[NH+]=Cc1cccc(OC)c1OCc1ccccc1C. The minimum atomic E-state index is 0.469. The van der Waals surface area contributed by atoms with E-state index in [1.807, 2.05) is 37.3 Å². The molecule has 0 spiro atoms. The predicted molar refractivity (Wildman–Crippen MR) is 104 cm³/mol. The largest absolute Gasteiger partial charge is 0.493 e. The highest BCUT2D eigenvalue weighted by Crippen LogP contribution is 2.30. The second-order valence-corrected chi connectivity index (χ2v) is 5.78. The molecule has 0 aromatic heterocycles. The van der Waals surface area contributed by atoms with E-state index in [0.29, 0.717) is 23.2 Å². The van der Waals surface area contributed by atoms with Crippen molar-refractivity contribution in [3.8, 4) is 11.5 Å². The van der Waals surface area contributed by atoms with Gasteiger partial charge in [-0.1, -0.05) is 30.3 Å². The van der Waals surface area contributed by atoms with Crippen molar-refractivity contribution in [2.75, 3.05) is 13.7 Å². The van der Waals surface area contributed by atoms with Gasteiger partial charge in [0.05, 0.1) is 12.7 Å². The van der Waals surface area contributed by atoms with E-state index in [4.69, 9.17) is 21.7 Å². The molecule has 6 heteroatoms. The molecule has 3 N–H and O–H groups in total. The Morgan fingerprint density at radius 3 is 2.72 bits per heavy atom. The molecule has 0 saturated carbocycles. The van der Waals surface area contributed by atoms with Gasteiger partial charge < -0.3 is 14.8 Å². The van der Waals surface area contributed by atoms with Gasteiger partial charge in [0.25, 0.3) is 0 Å². The lowest BCUT2D eigenvalue weighted by molar-refractivity contribution is -0.500. The van der Waals surface area contributed by atoms with E-state index in [1.165, 1.54) is 5.56 Å². The van der Waals surface area contributed by atoms with Gasteiger partial charge in [-0.2, -0.15) is 0 Å². The summed E-state index contributed by atoms with van der Waals surface area (Å²) in [5.41, 5.74) is 6.09. The normalized spacial score (nSPS) is 10.5. The first-order valence-corrected chi connectivity index (χ1v) is 8.53. The van der Waals surface area contributed by atoms with Crippen molar-refractivity contribution in [2.24, 2.45) is 0 Å². The van der Waals surface area contributed by atoms with E-state index < -0.39 is 0 Å². The maximum absolute atomic E-state index is 6.06. The van der Waals surface area contributed by atoms with Gasteiger partial charge in [-0.15, -0.1) is 10.5 Å². The number of rotatable bonds is 7. The van der Waals surface area contributed by atoms with Crippen molar-refractivity contribution in [1.82, 2.24) is 10.7 Å².